The molecule has 0 bridgehead atoms. The van der Waals surface area contributed by atoms with E-state index in [-0.39, 0.29) is 5.92 Å². The van der Waals surface area contributed by atoms with Crippen molar-refractivity contribution in [2.24, 2.45) is 5.14 Å². The highest BCUT2D eigenvalue weighted by Gasteiger charge is 2.28. The third kappa shape index (κ3) is 3.33. The van der Waals surface area contributed by atoms with Gasteiger partial charge in [0, 0.05) is 0 Å². The minimum absolute atomic E-state index is 0.242. The standard InChI is InChI=1S/C12H17F2NOS/c1-8(7-12(2,3)17(15)16)9-5-4-6-10(13)11(9)14/h4-6,8H,7,15H2,1-3H3/t8-,17?/m0/s1. The molecule has 0 radical (unpaired) electrons. The first-order valence-corrected chi connectivity index (χ1v) is 6.57. The van der Waals surface area contributed by atoms with E-state index in [1.54, 1.807) is 26.8 Å². The molecule has 2 N–H and O–H groups in total. The Morgan fingerprint density at radius 3 is 2.53 bits per heavy atom. The lowest BCUT2D eigenvalue weighted by molar-refractivity contribution is 0.473. The van der Waals surface area contributed by atoms with E-state index in [4.69, 9.17) is 5.14 Å². The Kier molecular flexibility index (Phi) is 4.38. The van der Waals surface area contributed by atoms with Crippen LogP contribution in [0.25, 0.3) is 0 Å². The first-order valence-electron chi connectivity index (χ1n) is 5.36. The summed E-state index contributed by atoms with van der Waals surface area (Å²) in [5, 5.41) is 5.37. The largest absolute Gasteiger partial charge is 0.251 e. The molecule has 17 heavy (non-hydrogen) atoms. The fourth-order valence-electron chi connectivity index (χ4n) is 1.83. The highest BCUT2D eigenvalue weighted by atomic mass is 32.2. The third-order valence-corrected chi connectivity index (χ3v) is 4.11. The summed E-state index contributed by atoms with van der Waals surface area (Å²) in [7, 11) is -1.50. The molecule has 0 aliphatic heterocycles. The molecule has 0 saturated heterocycles. The molecule has 0 heterocycles. The van der Waals surface area contributed by atoms with Crippen LogP contribution in [0.3, 0.4) is 0 Å². The van der Waals surface area contributed by atoms with Crippen LogP contribution in [-0.2, 0) is 11.0 Å². The first-order chi connectivity index (χ1) is 7.75. The van der Waals surface area contributed by atoms with Gasteiger partial charge in [-0.15, -0.1) is 0 Å². The van der Waals surface area contributed by atoms with E-state index in [9.17, 15) is 13.0 Å². The Balaban J connectivity index is 2.94. The Labute approximate surface area is 103 Å². The molecule has 2 nitrogen and oxygen atoms in total. The normalized spacial score (nSPS) is 15.6. The molecule has 0 aliphatic carbocycles. The van der Waals surface area contributed by atoms with Gasteiger partial charge in [0.15, 0.2) is 11.6 Å². The van der Waals surface area contributed by atoms with E-state index in [0.717, 1.165) is 6.07 Å². The number of halogens is 2. The lowest BCUT2D eigenvalue weighted by atomic mass is 9.91. The number of hydrogen-bond acceptors (Lipinski definition) is 1. The van der Waals surface area contributed by atoms with Crippen molar-refractivity contribution in [3.05, 3.63) is 35.4 Å². The summed E-state index contributed by atoms with van der Waals surface area (Å²) in [5.74, 6) is -1.94. The second-order valence-electron chi connectivity index (χ2n) is 4.81. The number of rotatable bonds is 4. The summed E-state index contributed by atoms with van der Waals surface area (Å²) in [6, 6.07) is 4.09. The number of nitrogens with two attached hydrogens (primary N) is 1. The van der Waals surface area contributed by atoms with E-state index in [2.05, 4.69) is 0 Å². The van der Waals surface area contributed by atoms with Crippen molar-refractivity contribution in [1.82, 2.24) is 0 Å². The lowest BCUT2D eigenvalue weighted by Gasteiger charge is -2.25. The molecule has 1 unspecified atom stereocenters. The van der Waals surface area contributed by atoms with E-state index in [1.165, 1.54) is 6.07 Å². The van der Waals surface area contributed by atoms with Crippen LogP contribution >= 0.6 is 0 Å². The van der Waals surface area contributed by atoms with E-state index < -0.39 is 27.4 Å². The van der Waals surface area contributed by atoms with Gasteiger partial charge in [-0.05, 0) is 37.8 Å². The Morgan fingerprint density at radius 2 is 2.00 bits per heavy atom. The van der Waals surface area contributed by atoms with Gasteiger partial charge in [0.25, 0.3) is 0 Å². The summed E-state index contributed by atoms with van der Waals surface area (Å²) in [6.07, 6.45) is 0.427. The number of hydrogen-bond donors (Lipinski definition) is 1. The Bertz CT molecular complexity index is 435. The molecule has 1 aromatic rings. The average Bonchev–Trinajstić information content (AvgIpc) is 2.21. The summed E-state index contributed by atoms with van der Waals surface area (Å²) in [5.41, 5.74) is 0.295. The van der Waals surface area contributed by atoms with Gasteiger partial charge < -0.3 is 0 Å². The molecule has 0 spiro atoms. The minimum atomic E-state index is -1.50. The van der Waals surface area contributed by atoms with Crippen LogP contribution in [0.2, 0.25) is 0 Å². The highest BCUT2D eigenvalue weighted by molar-refractivity contribution is 7.84. The smallest absolute Gasteiger partial charge is 0.162 e. The van der Waals surface area contributed by atoms with Gasteiger partial charge in [0.2, 0.25) is 0 Å². The van der Waals surface area contributed by atoms with Gasteiger partial charge in [-0.25, -0.2) is 13.0 Å². The van der Waals surface area contributed by atoms with Gasteiger partial charge >= 0.3 is 0 Å². The Morgan fingerprint density at radius 1 is 1.41 bits per heavy atom. The van der Waals surface area contributed by atoms with Crippen LogP contribution in [-0.4, -0.2) is 8.96 Å². The SMILES string of the molecule is C[C@@H](CC(C)(C)S(N)=O)c1cccc(F)c1F. The molecule has 0 aromatic heterocycles. The van der Waals surface area contributed by atoms with Crippen molar-refractivity contribution < 1.29 is 13.0 Å². The molecule has 0 saturated carbocycles. The van der Waals surface area contributed by atoms with Crippen molar-refractivity contribution in [3.8, 4) is 0 Å². The molecular formula is C12H17F2NOS. The predicted molar refractivity (Wildman–Crippen MR) is 65.8 cm³/mol. The van der Waals surface area contributed by atoms with Crippen molar-refractivity contribution in [2.45, 2.75) is 37.9 Å². The quantitative estimate of drug-likeness (QED) is 0.889. The van der Waals surface area contributed by atoms with Crippen LogP contribution in [0.15, 0.2) is 18.2 Å². The summed E-state index contributed by atoms with van der Waals surface area (Å²) in [4.78, 5) is 0. The first kappa shape index (κ1) is 14.3. The minimum Gasteiger partial charge on any atom is -0.251 e. The van der Waals surface area contributed by atoms with E-state index in [1.807, 2.05) is 0 Å². The van der Waals surface area contributed by atoms with Crippen LogP contribution in [0.4, 0.5) is 8.78 Å². The molecule has 96 valence electrons. The fourth-order valence-corrected chi connectivity index (χ4v) is 2.24. The summed E-state index contributed by atoms with van der Waals surface area (Å²) < 4.78 is 37.3. The summed E-state index contributed by atoms with van der Waals surface area (Å²) >= 11 is 0. The molecule has 0 fully saturated rings. The molecule has 5 heteroatoms. The monoisotopic (exact) mass is 261 g/mol. The van der Waals surface area contributed by atoms with Crippen LogP contribution in [0.5, 0.6) is 0 Å². The van der Waals surface area contributed by atoms with Crippen molar-refractivity contribution in [3.63, 3.8) is 0 Å². The topological polar surface area (TPSA) is 43.1 Å². The maximum Gasteiger partial charge on any atom is 0.162 e. The van der Waals surface area contributed by atoms with Crippen LogP contribution in [0, 0.1) is 11.6 Å². The van der Waals surface area contributed by atoms with Crippen LogP contribution in [0.1, 0.15) is 38.7 Å². The van der Waals surface area contributed by atoms with E-state index in [0.29, 0.717) is 12.0 Å². The lowest BCUT2D eigenvalue weighted by Crippen LogP contribution is -2.33. The summed E-state index contributed by atoms with van der Waals surface area (Å²) in [6.45, 7) is 5.26. The molecule has 1 aromatic carbocycles. The van der Waals surface area contributed by atoms with Crippen molar-refractivity contribution in [2.75, 3.05) is 0 Å². The van der Waals surface area contributed by atoms with Crippen molar-refractivity contribution in [1.29, 1.82) is 0 Å². The highest BCUT2D eigenvalue weighted by Crippen LogP contribution is 2.30. The van der Waals surface area contributed by atoms with Gasteiger partial charge in [-0.3, -0.25) is 5.14 Å². The zero-order valence-corrected chi connectivity index (χ0v) is 11.0. The molecule has 1 rings (SSSR count). The molecule has 2 atom stereocenters. The van der Waals surface area contributed by atoms with Crippen molar-refractivity contribution >= 4 is 11.0 Å². The van der Waals surface area contributed by atoms with Gasteiger partial charge in [0.05, 0.1) is 15.7 Å². The van der Waals surface area contributed by atoms with Gasteiger partial charge in [-0.2, -0.15) is 0 Å². The molecular weight excluding hydrogens is 244 g/mol. The zero-order valence-electron chi connectivity index (χ0n) is 10.2. The fraction of sp³-hybridized carbons (Fsp3) is 0.500. The maximum atomic E-state index is 13.5. The predicted octanol–water partition coefficient (Wildman–Crippen LogP) is 2.86. The van der Waals surface area contributed by atoms with E-state index >= 15 is 0 Å². The Hall–Kier alpha value is -0.810. The maximum absolute atomic E-state index is 13.5. The number of benzene rings is 1. The van der Waals surface area contributed by atoms with Gasteiger partial charge in [-0.1, -0.05) is 19.1 Å². The second-order valence-corrected chi connectivity index (χ2v) is 6.51. The van der Waals surface area contributed by atoms with Gasteiger partial charge in [0.1, 0.15) is 0 Å². The molecule has 0 aliphatic rings. The third-order valence-electron chi connectivity index (χ3n) is 2.85. The average molecular weight is 261 g/mol. The van der Waals surface area contributed by atoms with Crippen LogP contribution < -0.4 is 5.14 Å². The second kappa shape index (κ2) is 5.23. The molecule has 0 amide bonds. The zero-order chi connectivity index (χ0) is 13.2.